The number of hydrogen-bond donors (Lipinski definition) is 2. The minimum Gasteiger partial charge on any atom is -0.465 e. The number of nitrogens with two attached hydrogens (primary N) is 1. The van der Waals surface area contributed by atoms with Crippen LogP contribution in [0, 0.1) is 0 Å². The van der Waals surface area contributed by atoms with Crippen LogP contribution in [0.15, 0.2) is 11.4 Å². The van der Waals surface area contributed by atoms with Gasteiger partial charge < -0.3 is 20.5 Å². The second kappa shape index (κ2) is 6.14. The fourth-order valence-corrected chi connectivity index (χ4v) is 2.71. The van der Waals surface area contributed by atoms with E-state index in [2.05, 4.69) is 10.1 Å². The Morgan fingerprint density at radius 1 is 1.58 bits per heavy atom. The molecule has 0 aromatic carbocycles. The monoisotopic (exact) mass is 284 g/mol. The van der Waals surface area contributed by atoms with Crippen LogP contribution in [-0.4, -0.2) is 37.7 Å². The highest BCUT2D eigenvalue weighted by atomic mass is 32.1. The Bertz CT molecular complexity index is 474. The van der Waals surface area contributed by atoms with Crippen LogP contribution in [0.4, 0.5) is 5.69 Å². The number of carbonyl (C=O) groups is 2. The van der Waals surface area contributed by atoms with Crippen molar-refractivity contribution in [3.8, 4) is 0 Å². The van der Waals surface area contributed by atoms with Crippen molar-refractivity contribution < 1.29 is 19.1 Å². The molecule has 2 heterocycles. The Morgan fingerprint density at radius 2 is 2.37 bits per heavy atom. The molecule has 0 radical (unpaired) electrons. The number of nitrogens with one attached hydrogen (secondary N) is 1. The Kier molecular flexibility index (Phi) is 4.52. The van der Waals surface area contributed by atoms with E-state index in [1.54, 1.807) is 11.4 Å². The van der Waals surface area contributed by atoms with Gasteiger partial charge in [-0.1, -0.05) is 0 Å². The summed E-state index contributed by atoms with van der Waals surface area (Å²) in [7, 11) is 1.31. The van der Waals surface area contributed by atoms with Crippen LogP contribution in [0.3, 0.4) is 0 Å². The summed E-state index contributed by atoms with van der Waals surface area (Å²) in [6.45, 7) is 0.412. The number of thiophene rings is 1. The van der Waals surface area contributed by atoms with Crippen molar-refractivity contribution in [1.29, 1.82) is 0 Å². The van der Waals surface area contributed by atoms with E-state index in [1.807, 2.05) is 0 Å². The highest BCUT2D eigenvalue weighted by Gasteiger charge is 2.30. The Balaban J connectivity index is 2.00. The van der Waals surface area contributed by atoms with Gasteiger partial charge in [0.25, 0.3) is 5.91 Å². The molecule has 1 saturated heterocycles. The summed E-state index contributed by atoms with van der Waals surface area (Å²) in [6.07, 6.45) is 0.866. The number of carbonyl (C=O) groups excluding carboxylic acids is 2. The van der Waals surface area contributed by atoms with Crippen LogP contribution < -0.4 is 11.1 Å². The molecule has 7 heteroatoms. The zero-order chi connectivity index (χ0) is 13.8. The van der Waals surface area contributed by atoms with Gasteiger partial charge in [-0.2, -0.15) is 0 Å². The fraction of sp³-hybridized carbons (Fsp3) is 0.500. The van der Waals surface area contributed by atoms with E-state index in [0.29, 0.717) is 23.5 Å². The largest absolute Gasteiger partial charge is 0.465 e. The molecule has 1 fully saturated rings. The molecular weight excluding hydrogens is 268 g/mol. The number of esters is 1. The zero-order valence-corrected chi connectivity index (χ0v) is 11.4. The van der Waals surface area contributed by atoms with E-state index < -0.39 is 12.1 Å². The normalized spacial score (nSPS) is 22.2. The summed E-state index contributed by atoms with van der Waals surface area (Å²) in [5, 5.41) is 4.42. The van der Waals surface area contributed by atoms with Crippen LogP contribution in [0.2, 0.25) is 0 Å². The molecule has 19 heavy (non-hydrogen) atoms. The molecule has 2 unspecified atom stereocenters. The molecule has 1 aromatic rings. The molecule has 1 aliphatic rings. The van der Waals surface area contributed by atoms with Gasteiger partial charge in [0.1, 0.15) is 11.0 Å². The molecule has 1 aromatic heterocycles. The van der Waals surface area contributed by atoms with E-state index in [-0.39, 0.29) is 12.0 Å². The predicted molar refractivity (Wildman–Crippen MR) is 71.2 cm³/mol. The lowest BCUT2D eigenvalue weighted by molar-refractivity contribution is -0.126. The van der Waals surface area contributed by atoms with Crippen molar-refractivity contribution in [3.05, 3.63) is 16.3 Å². The van der Waals surface area contributed by atoms with Crippen molar-refractivity contribution >= 4 is 28.9 Å². The number of anilines is 1. The number of hydrogen-bond acceptors (Lipinski definition) is 6. The van der Waals surface area contributed by atoms with Crippen LogP contribution in [0.1, 0.15) is 22.5 Å². The van der Waals surface area contributed by atoms with Crippen LogP contribution >= 0.6 is 11.3 Å². The van der Waals surface area contributed by atoms with Crippen molar-refractivity contribution in [1.82, 2.24) is 0 Å². The molecule has 104 valence electrons. The lowest BCUT2D eigenvalue weighted by atomic mass is 10.2. The molecule has 1 amide bonds. The van der Waals surface area contributed by atoms with E-state index in [4.69, 9.17) is 10.5 Å². The molecule has 0 saturated carbocycles. The molecule has 0 aliphatic carbocycles. The van der Waals surface area contributed by atoms with E-state index in [0.717, 1.165) is 6.42 Å². The fourth-order valence-electron chi connectivity index (χ4n) is 1.94. The van der Waals surface area contributed by atoms with E-state index >= 15 is 0 Å². The van der Waals surface area contributed by atoms with Gasteiger partial charge in [0.05, 0.1) is 18.9 Å². The quantitative estimate of drug-likeness (QED) is 0.804. The number of ether oxygens (including phenoxy) is 2. The Labute approximate surface area is 114 Å². The second-order valence-corrected chi connectivity index (χ2v) is 5.12. The van der Waals surface area contributed by atoms with Crippen molar-refractivity contribution in [2.75, 3.05) is 19.0 Å². The first-order valence-electron chi connectivity index (χ1n) is 5.98. The number of rotatable bonds is 4. The minimum atomic E-state index is -0.501. The highest BCUT2D eigenvalue weighted by Crippen LogP contribution is 2.25. The van der Waals surface area contributed by atoms with Gasteiger partial charge in [0.2, 0.25) is 0 Å². The maximum Gasteiger partial charge on any atom is 0.350 e. The molecule has 2 rings (SSSR count). The molecule has 1 aliphatic heterocycles. The van der Waals surface area contributed by atoms with Crippen LogP contribution in [-0.2, 0) is 14.3 Å². The lowest BCUT2D eigenvalue weighted by Gasteiger charge is -2.12. The summed E-state index contributed by atoms with van der Waals surface area (Å²) >= 11 is 1.22. The summed E-state index contributed by atoms with van der Waals surface area (Å²) in [5.74, 6) is -0.711. The third-order valence-electron chi connectivity index (χ3n) is 2.96. The van der Waals surface area contributed by atoms with E-state index in [9.17, 15) is 9.59 Å². The highest BCUT2D eigenvalue weighted by molar-refractivity contribution is 7.12. The molecule has 6 nitrogen and oxygen atoms in total. The lowest BCUT2D eigenvalue weighted by Crippen LogP contribution is -2.30. The van der Waals surface area contributed by atoms with Gasteiger partial charge in [-0.25, -0.2) is 4.79 Å². The van der Waals surface area contributed by atoms with Gasteiger partial charge >= 0.3 is 5.97 Å². The van der Waals surface area contributed by atoms with Crippen molar-refractivity contribution in [2.45, 2.75) is 25.0 Å². The Morgan fingerprint density at radius 3 is 3.00 bits per heavy atom. The van der Waals surface area contributed by atoms with Crippen LogP contribution in [0.5, 0.6) is 0 Å². The average Bonchev–Trinajstić information content (AvgIpc) is 3.06. The minimum absolute atomic E-state index is 0.0571. The third-order valence-corrected chi connectivity index (χ3v) is 3.85. The number of amides is 1. The first-order valence-corrected chi connectivity index (χ1v) is 6.86. The second-order valence-electron chi connectivity index (χ2n) is 4.20. The molecule has 2 atom stereocenters. The molecular formula is C12H16N2O4S. The van der Waals surface area contributed by atoms with Gasteiger partial charge in [-0.05, 0) is 24.3 Å². The Hall–Kier alpha value is -1.44. The molecule has 3 N–H and O–H groups in total. The van der Waals surface area contributed by atoms with Crippen molar-refractivity contribution in [3.63, 3.8) is 0 Å². The maximum atomic E-state index is 12.0. The molecule has 0 bridgehead atoms. The third kappa shape index (κ3) is 3.12. The van der Waals surface area contributed by atoms with Gasteiger partial charge in [-0.15, -0.1) is 11.3 Å². The van der Waals surface area contributed by atoms with Crippen molar-refractivity contribution in [2.24, 2.45) is 5.73 Å². The molecule has 0 spiro atoms. The maximum absolute atomic E-state index is 12.0. The number of methoxy groups -OCH3 is 1. The summed E-state index contributed by atoms with van der Waals surface area (Å²) in [4.78, 5) is 23.9. The summed E-state index contributed by atoms with van der Waals surface area (Å²) in [6, 6.07) is 1.67. The van der Waals surface area contributed by atoms with Crippen LogP contribution in [0.25, 0.3) is 0 Å². The van der Waals surface area contributed by atoms with Gasteiger partial charge in [0.15, 0.2) is 0 Å². The SMILES string of the molecule is COC(=O)c1sccc1NC(=O)C1CCC(CN)O1. The first kappa shape index (κ1) is 14.0. The standard InChI is InChI=1S/C12H16N2O4S/c1-17-12(16)10-8(4-5-19-10)14-11(15)9-3-2-7(6-13)18-9/h4-5,7,9H,2-3,6,13H2,1H3,(H,14,15). The zero-order valence-electron chi connectivity index (χ0n) is 10.5. The van der Waals surface area contributed by atoms with E-state index in [1.165, 1.54) is 18.4 Å². The van der Waals surface area contributed by atoms with Gasteiger partial charge in [0, 0.05) is 6.54 Å². The van der Waals surface area contributed by atoms with Gasteiger partial charge in [-0.3, -0.25) is 4.79 Å². The first-order chi connectivity index (χ1) is 9.15. The smallest absolute Gasteiger partial charge is 0.350 e. The predicted octanol–water partition coefficient (Wildman–Crippen LogP) is 0.979. The summed E-state index contributed by atoms with van der Waals surface area (Å²) in [5.41, 5.74) is 5.96. The topological polar surface area (TPSA) is 90.7 Å². The summed E-state index contributed by atoms with van der Waals surface area (Å²) < 4.78 is 10.1. The average molecular weight is 284 g/mol.